The molecule has 2 heterocycles. The smallest absolute Gasteiger partial charge is 0.310 e. The molecule has 0 bridgehead atoms. The number of rotatable bonds is 6. The Morgan fingerprint density at radius 3 is 2.51 bits per heavy atom. The SMILES string of the molecule is Cc1ccc([C@@H](c2ccc3c(cnn3C)c2C)C(C)(C)C(=O)O)cc1CN1CC(=O)N(C)CC(C)(C)C1. The van der Waals surface area contributed by atoms with E-state index in [-0.39, 0.29) is 17.2 Å². The van der Waals surface area contributed by atoms with Crippen LogP contribution in [0.4, 0.5) is 0 Å². The van der Waals surface area contributed by atoms with Gasteiger partial charge in [0.25, 0.3) is 0 Å². The monoisotopic (exact) mass is 504 g/mol. The number of benzene rings is 2. The van der Waals surface area contributed by atoms with Gasteiger partial charge in [0, 0.05) is 45.0 Å². The van der Waals surface area contributed by atoms with Crippen molar-refractivity contribution in [3.63, 3.8) is 0 Å². The summed E-state index contributed by atoms with van der Waals surface area (Å²) in [6, 6.07) is 10.4. The van der Waals surface area contributed by atoms with Gasteiger partial charge in [-0.15, -0.1) is 0 Å². The molecule has 1 aliphatic heterocycles. The fourth-order valence-electron chi connectivity index (χ4n) is 5.95. The minimum Gasteiger partial charge on any atom is -0.481 e. The summed E-state index contributed by atoms with van der Waals surface area (Å²) in [6.45, 7) is 14.7. The molecule has 0 radical (unpaired) electrons. The highest BCUT2D eigenvalue weighted by molar-refractivity contribution is 5.85. The molecule has 1 atom stereocenters. The van der Waals surface area contributed by atoms with Crippen LogP contribution >= 0.6 is 0 Å². The number of hydrogen-bond donors (Lipinski definition) is 1. The molecule has 0 saturated carbocycles. The van der Waals surface area contributed by atoms with Crippen LogP contribution in [0.5, 0.6) is 0 Å². The predicted molar refractivity (Wildman–Crippen MR) is 147 cm³/mol. The second-order valence-corrected chi connectivity index (χ2v) is 12.2. The van der Waals surface area contributed by atoms with Crippen molar-refractivity contribution in [3.8, 4) is 0 Å². The lowest BCUT2D eigenvalue weighted by Gasteiger charge is -2.33. The Labute approximate surface area is 220 Å². The van der Waals surface area contributed by atoms with Crippen LogP contribution in [0, 0.1) is 24.7 Å². The van der Waals surface area contributed by atoms with Gasteiger partial charge in [0.15, 0.2) is 0 Å². The third-order valence-corrected chi connectivity index (χ3v) is 8.03. The van der Waals surface area contributed by atoms with Crippen molar-refractivity contribution in [2.24, 2.45) is 17.9 Å². The molecule has 1 saturated heterocycles. The van der Waals surface area contributed by atoms with Gasteiger partial charge in [-0.05, 0) is 67.0 Å². The van der Waals surface area contributed by atoms with Crippen molar-refractivity contribution in [3.05, 3.63) is 64.3 Å². The summed E-state index contributed by atoms with van der Waals surface area (Å²) in [5, 5.41) is 15.8. The van der Waals surface area contributed by atoms with E-state index in [1.807, 2.05) is 35.9 Å². The summed E-state index contributed by atoms with van der Waals surface area (Å²) >= 11 is 0. The summed E-state index contributed by atoms with van der Waals surface area (Å²) in [7, 11) is 3.79. The van der Waals surface area contributed by atoms with Gasteiger partial charge in [-0.1, -0.05) is 38.1 Å². The van der Waals surface area contributed by atoms with E-state index in [1.165, 1.54) is 0 Å². The maximum absolute atomic E-state index is 12.7. The van der Waals surface area contributed by atoms with Gasteiger partial charge in [0.05, 0.1) is 23.7 Å². The summed E-state index contributed by atoms with van der Waals surface area (Å²) < 4.78 is 1.84. The number of fused-ring (bicyclic) bond motifs is 1. The second kappa shape index (κ2) is 9.60. The Balaban J connectivity index is 1.79. The molecule has 3 aromatic rings. The van der Waals surface area contributed by atoms with E-state index in [0.29, 0.717) is 13.1 Å². The van der Waals surface area contributed by atoms with Crippen molar-refractivity contribution in [1.29, 1.82) is 0 Å². The number of carboxylic acids is 1. The van der Waals surface area contributed by atoms with E-state index in [0.717, 1.165) is 51.8 Å². The van der Waals surface area contributed by atoms with E-state index >= 15 is 0 Å². The molecular weight excluding hydrogens is 464 g/mol. The fourth-order valence-corrected chi connectivity index (χ4v) is 5.95. The normalized spacial score (nSPS) is 17.7. The van der Waals surface area contributed by atoms with Crippen LogP contribution in [-0.4, -0.2) is 63.2 Å². The molecule has 2 aromatic carbocycles. The molecule has 1 aromatic heterocycles. The van der Waals surface area contributed by atoms with Gasteiger partial charge in [0.2, 0.25) is 5.91 Å². The Kier molecular flexibility index (Phi) is 6.97. The van der Waals surface area contributed by atoms with Gasteiger partial charge >= 0.3 is 5.97 Å². The molecule has 1 aliphatic rings. The number of aliphatic carboxylic acids is 1. The maximum Gasteiger partial charge on any atom is 0.310 e. The Bertz CT molecular complexity index is 1350. The Morgan fingerprint density at radius 1 is 1.14 bits per heavy atom. The quantitative estimate of drug-likeness (QED) is 0.525. The predicted octanol–water partition coefficient (Wildman–Crippen LogP) is 4.73. The standard InChI is InChI=1S/C30H40N4O3/c1-19-9-10-21(13-22(19)15-34-16-26(35)32(7)17-29(3,4)18-34)27(30(5,6)28(36)37)23-11-12-25-24(20(23)2)14-31-33(25)8/h9-14,27H,15-18H2,1-8H3,(H,36,37)/t27-/m0/s1. The third-order valence-electron chi connectivity index (χ3n) is 8.03. The van der Waals surface area contributed by atoms with Crippen LogP contribution in [0.15, 0.2) is 36.5 Å². The molecule has 7 heteroatoms. The molecule has 1 amide bonds. The third kappa shape index (κ3) is 5.14. The first-order valence-corrected chi connectivity index (χ1v) is 12.9. The molecule has 0 unspecified atom stereocenters. The molecule has 1 N–H and O–H groups in total. The van der Waals surface area contributed by atoms with Gasteiger partial charge in [-0.3, -0.25) is 19.2 Å². The van der Waals surface area contributed by atoms with Crippen LogP contribution in [0.1, 0.15) is 61.4 Å². The highest BCUT2D eigenvalue weighted by Crippen LogP contribution is 2.44. The average molecular weight is 505 g/mol. The zero-order chi connectivity index (χ0) is 27.3. The molecular formula is C30H40N4O3. The number of aryl methyl sites for hydroxylation is 3. The molecule has 0 aliphatic carbocycles. The highest BCUT2D eigenvalue weighted by atomic mass is 16.4. The molecule has 4 rings (SSSR count). The molecule has 198 valence electrons. The van der Waals surface area contributed by atoms with E-state index < -0.39 is 11.4 Å². The van der Waals surface area contributed by atoms with E-state index in [1.54, 1.807) is 13.8 Å². The van der Waals surface area contributed by atoms with Gasteiger partial charge < -0.3 is 10.0 Å². The first kappa shape index (κ1) is 26.9. The lowest BCUT2D eigenvalue weighted by atomic mass is 9.69. The summed E-state index contributed by atoms with van der Waals surface area (Å²) in [6.07, 6.45) is 1.86. The first-order chi connectivity index (χ1) is 17.2. The Hall–Kier alpha value is -3.19. The number of carbonyl (C=O) groups excluding carboxylic acids is 1. The highest BCUT2D eigenvalue weighted by Gasteiger charge is 2.40. The number of amides is 1. The van der Waals surface area contributed by atoms with Crippen molar-refractivity contribution in [2.75, 3.05) is 26.7 Å². The van der Waals surface area contributed by atoms with E-state index in [2.05, 4.69) is 62.0 Å². The molecule has 37 heavy (non-hydrogen) atoms. The first-order valence-electron chi connectivity index (χ1n) is 12.9. The van der Waals surface area contributed by atoms with E-state index in [4.69, 9.17) is 0 Å². The summed E-state index contributed by atoms with van der Waals surface area (Å²) in [5.41, 5.74) is 5.24. The van der Waals surface area contributed by atoms with Gasteiger partial charge in [0.1, 0.15) is 0 Å². The number of hydrogen-bond acceptors (Lipinski definition) is 4. The second-order valence-electron chi connectivity index (χ2n) is 12.2. The van der Waals surface area contributed by atoms with Crippen molar-refractivity contribution < 1.29 is 14.7 Å². The minimum atomic E-state index is -1.05. The van der Waals surface area contributed by atoms with Crippen molar-refractivity contribution in [2.45, 2.75) is 54.0 Å². The summed E-state index contributed by atoms with van der Waals surface area (Å²) in [4.78, 5) is 29.3. The molecule has 1 fully saturated rings. The zero-order valence-electron chi connectivity index (χ0n) is 23.4. The summed E-state index contributed by atoms with van der Waals surface area (Å²) in [5.74, 6) is -1.07. The number of likely N-dealkylation sites (N-methyl/N-ethyl adjacent to an activating group) is 1. The fraction of sp³-hybridized carbons (Fsp3) is 0.500. The van der Waals surface area contributed by atoms with Crippen molar-refractivity contribution in [1.82, 2.24) is 19.6 Å². The van der Waals surface area contributed by atoms with Crippen LogP contribution < -0.4 is 0 Å². The number of aromatic nitrogens is 2. The maximum atomic E-state index is 12.7. The van der Waals surface area contributed by atoms with Crippen molar-refractivity contribution >= 4 is 22.8 Å². The van der Waals surface area contributed by atoms with Crippen LogP contribution in [0.3, 0.4) is 0 Å². The van der Waals surface area contributed by atoms with Crippen LogP contribution in [-0.2, 0) is 23.2 Å². The topological polar surface area (TPSA) is 78.7 Å². The number of nitrogens with zero attached hydrogens (tertiary/aromatic N) is 4. The lowest BCUT2D eigenvalue weighted by Crippen LogP contribution is -2.35. The molecule has 0 spiro atoms. The van der Waals surface area contributed by atoms with Crippen LogP contribution in [0.2, 0.25) is 0 Å². The average Bonchev–Trinajstić information content (AvgIpc) is 3.13. The van der Waals surface area contributed by atoms with Crippen LogP contribution in [0.25, 0.3) is 10.9 Å². The van der Waals surface area contributed by atoms with E-state index in [9.17, 15) is 14.7 Å². The largest absolute Gasteiger partial charge is 0.481 e. The number of carbonyl (C=O) groups is 2. The number of carboxylic acid groups (broad SMARTS) is 1. The minimum absolute atomic E-state index is 0.0174. The molecule has 7 nitrogen and oxygen atoms in total. The lowest BCUT2D eigenvalue weighted by molar-refractivity contribution is -0.147. The van der Waals surface area contributed by atoms with Gasteiger partial charge in [-0.25, -0.2) is 0 Å². The van der Waals surface area contributed by atoms with Gasteiger partial charge in [-0.2, -0.15) is 5.10 Å². The Morgan fingerprint density at radius 2 is 1.84 bits per heavy atom. The zero-order valence-corrected chi connectivity index (χ0v) is 23.4.